The molecular formula is C13H16O4S. The SMILES string of the molecule is CC(C)(CC(=O)O)c1cccc2c1S(=O)(=O)CC2. The van der Waals surface area contributed by atoms with E-state index in [1.807, 2.05) is 0 Å². The quantitative estimate of drug-likeness (QED) is 0.907. The average Bonchev–Trinajstić information content (AvgIpc) is 2.53. The van der Waals surface area contributed by atoms with E-state index in [0.717, 1.165) is 5.56 Å². The standard InChI is InChI=1S/C13H16O4S/c1-13(2,8-11(14)15)10-5-3-4-9-6-7-18(16,17)12(9)10/h3-5H,6-8H2,1-2H3,(H,14,15). The van der Waals surface area contributed by atoms with E-state index in [2.05, 4.69) is 0 Å². The number of hydrogen-bond acceptors (Lipinski definition) is 3. The Labute approximate surface area is 107 Å². The number of rotatable bonds is 3. The molecule has 0 fully saturated rings. The van der Waals surface area contributed by atoms with Crippen molar-refractivity contribution in [2.24, 2.45) is 0 Å². The molecule has 1 aliphatic heterocycles. The summed E-state index contributed by atoms with van der Waals surface area (Å²) >= 11 is 0. The van der Waals surface area contributed by atoms with Crippen molar-refractivity contribution in [3.63, 3.8) is 0 Å². The van der Waals surface area contributed by atoms with Crippen molar-refractivity contribution in [1.82, 2.24) is 0 Å². The molecule has 0 saturated heterocycles. The summed E-state index contributed by atoms with van der Waals surface area (Å²) in [6, 6.07) is 5.34. The van der Waals surface area contributed by atoms with E-state index in [9.17, 15) is 13.2 Å². The van der Waals surface area contributed by atoms with Gasteiger partial charge in [0, 0.05) is 5.41 Å². The highest BCUT2D eigenvalue weighted by atomic mass is 32.2. The fourth-order valence-electron chi connectivity index (χ4n) is 2.50. The largest absolute Gasteiger partial charge is 0.481 e. The highest BCUT2D eigenvalue weighted by molar-refractivity contribution is 7.91. The van der Waals surface area contributed by atoms with Crippen molar-refractivity contribution in [3.8, 4) is 0 Å². The van der Waals surface area contributed by atoms with Gasteiger partial charge in [0.2, 0.25) is 0 Å². The smallest absolute Gasteiger partial charge is 0.304 e. The number of aryl methyl sites for hydroxylation is 1. The molecule has 98 valence electrons. The van der Waals surface area contributed by atoms with Crippen LogP contribution in [0.4, 0.5) is 0 Å². The molecular weight excluding hydrogens is 252 g/mol. The van der Waals surface area contributed by atoms with E-state index < -0.39 is 21.2 Å². The van der Waals surface area contributed by atoms with Crippen molar-refractivity contribution in [1.29, 1.82) is 0 Å². The van der Waals surface area contributed by atoms with Gasteiger partial charge in [-0.15, -0.1) is 0 Å². The van der Waals surface area contributed by atoms with Gasteiger partial charge < -0.3 is 5.11 Å². The monoisotopic (exact) mass is 268 g/mol. The number of hydrogen-bond donors (Lipinski definition) is 1. The summed E-state index contributed by atoms with van der Waals surface area (Å²) in [5.41, 5.74) is 0.750. The lowest BCUT2D eigenvalue weighted by atomic mass is 9.81. The first-order valence-corrected chi connectivity index (χ1v) is 7.46. The van der Waals surface area contributed by atoms with E-state index in [0.29, 0.717) is 16.9 Å². The number of sulfone groups is 1. The third-order valence-corrected chi connectivity index (χ3v) is 5.22. The Morgan fingerprint density at radius 2 is 2.06 bits per heavy atom. The van der Waals surface area contributed by atoms with Gasteiger partial charge in [-0.2, -0.15) is 0 Å². The van der Waals surface area contributed by atoms with Crippen molar-refractivity contribution in [2.75, 3.05) is 5.75 Å². The summed E-state index contributed by atoms with van der Waals surface area (Å²) in [5.74, 6) is -0.796. The van der Waals surface area contributed by atoms with Gasteiger partial charge in [-0.1, -0.05) is 32.0 Å². The highest BCUT2D eigenvalue weighted by Crippen LogP contribution is 2.37. The Morgan fingerprint density at radius 1 is 1.39 bits per heavy atom. The van der Waals surface area contributed by atoms with Gasteiger partial charge in [0.25, 0.3) is 0 Å². The van der Waals surface area contributed by atoms with Gasteiger partial charge in [0.15, 0.2) is 9.84 Å². The molecule has 0 aliphatic carbocycles. The van der Waals surface area contributed by atoms with E-state index in [1.54, 1.807) is 32.0 Å². The molecule has 0 aromatic heterocycles. The summed E-state index contributed by atoms with van der Waals surface area (Å²) in [7, 11) is -3.25. The second kappa shape index (κ2) is 4.09. The Hall–Kier alpha value is -1.36. The summed E-state index contributed by atoms with van der Waals surface area (Å²) in [4.78, 5) is 11.3. The molecule has 1 heterocycles. The predicted octanol–water partition coefficient (Wildman–Crippen LogP) is 1.77. The molecule has 0 amide bonds. The molecule has 1 N–H and O–H groups in total. The molecule has 18 heavy (non-hydrogen) atoms. The Kier molecular flexibility index (Phi) is 2.97. The average molecular weight is 268 g/mol. The zero-order valence-corrected chi connectivity index (χ0v) is 11.3. The topological polar surface area (TPSA) is 71.4 Å². The number of carboxylic acids is 1. The molecule has 4 nitrogen and oxygen atoms in total. The van der Waals surface area contributed by atoms with Crippen LogP contribution in [0.5, 0.6) is 0 Å². The molecule has 0 spiro atoms. The van der Waals surface area contributed by atoms with Crippen molar-refractivity contribution in [2.45, 2.75) is 37.0 Å². The minimum absolute atomic E-state index is 0.0844. The van der Waals surface area contributed by atoms with Gasteiger partial charge >= 0.3 is 5.97 Å². The van der Waals surface area contributed by atoms with Crippen LogP contribution in [0.3, 0.4) is 0 Å². The van der Waals surface area contributed by atoms with E-state index in [4.69, 9.17) is 5.11 Å². The van der Waals surface area contributed by atoms with Gasteiger partial charge in [0.05, 0.1) is 17.1 Å². The van der Waals surface area contributed by atoms with Crippen LogP contribution in [0.25, 0.3) is 0 Å². The van der Waals surface area contributed by atoms with Gasteiger partial charge in [0.1, 0.15) is 0 Å². The maximum absolute atomic E-state index is 12.1. The van der Waals surface area contributed by atoms with Gasteiger partial charge in [-0.25, -0.2) is 8.42 Å². The minimum atomic E-state index is -3.25. The first-order chi connectivity index (χ1) is 8.24. The highest BCUT2D eigenvalue weighted by Gasteiger charge is 2.35. The van der Waals surface area contributed by atoms with E-state index in [1.165, 1.54) is 0 Å². The van der Waals surface area contributed by atoms with Crippen LogP contribution in [0, 0.1) is 0 Å². The van der Waals surface area contributed by atoms with Crippen LogP contribution in [0.1, 0.15) is 31.4 Å². The van der Waals surface area contributed by atoms with Crippen LogP contribution < -0.4 is 0 Å². The van der Waals surface area contributed by atoms with Gasteiger partial charge in [-0.05, 0) is 17.5 Å². The Bertz CT molecular complexity index is 599. The minimum Gasteiger partial charge on any atom is -0.481 e. The maximum Gasteiger partial charge on any atom is 0.304 e. The Morgan fingerprint density at radius 3 is 2.67 bits per heavy atom. The second-order valence-electron chi connectivity index (χ2n) is 5.32. The lowest BCUT2D eigenvalue weighted by molar-refractivity contribution is -0.138. The molecule has 0 unspecified atom stereocenters. The van der Waals surface area contributed by atoms with Crippen LogP contribution in [-0.2, 0) is 26.5 Å². The molecule has 1 aromatic rings. The summed E-state index contributed by atoms with van der Waals surface area (Å²) in [6.07, 6.45) is 0.438. The molecule has 0 saturated carbocycles. The van der Waals surface area contributed by atoms with Gasteiger partial charge in [-0.3, -0.25) is 4.79 Å². The van der Waals surface area contributed by atoms with E-state index in [-0.39, 0.29) is 12.2 Å². The molecule has 2 rings (SSSR count). The first kappa shape index (κ1) is 13.1. The van der Waals surface area contributed by atoms with Crippen molar-refractivity contribution < 1.29 is 18.3 Å². The third-order valence-electron chi connectivity index (χ3n) is 3.37. The molecule has 0 atom stereocenters. The molecule has 1 aromatic carbocycles. The lowest BCUT2D eigenvalue weighted by Crippen LogP contribution is -2.24. The Balaban J connectivity index is 2.61. The molecule has 5 heteroatoms. The summed E-state index contributed by atoms with van der Waals surface area (Å²) in [5, 5.41) is 8.94. The zero-order valence-electron chi connectivity index (χ0n) is 10.4. The third kappa shape index (κ3) is 2.14. The summed E-state index contributed by atoms with van der Waals surface area (Å²) < 4.78 is 24.1. The fourth-order valence-corrected chi connectivity index (χ4v) is 4.44. The fraction of sp³-hybridized carbons (Fsp3) is 0.462. The number of benzene rings is 1. The number of carboxylic acid groups (broad SMARTS) is 1. The maximum atomic E-state index is 12.1. The number of carbonyl (C=O) groups is 1. The molecule has 0 radical (unpaired) electrons. The molecule has 0 bridgehead atoms. The number of fused-ring (bicyclic) bond motifs is 1. The normalized spacial score (nSPS) is 17.4. The van der Waals surface area contributed by atoms with Crippen LogP contribution in [-0.4, -0.2) is 25.2 Å². The van der Waals surface area contributed by atoms with Crippen LogP contribution in [0.15, 0.2) is 23.1 Å². The van der Waals surface area contributed by atoms with Crippen molar-refractivity contribution in [3.05, 3.63) is 29.3 Å². The zero-order chi connectivity index (χ0) is 13.6. The van der Waals surface area contributed by atoms with Crippen molar-refractivity contribution >= 4 is 15.8 Å². The summed E-state index contributed by atoms with van der Waals surface area (Å²) in [6.45, 7) is 3.54. The number of aliphatic carboxylic acids is 1. The second-order valence-corrected chi connectivity index (χ2v) is 7.36. The van der Waals surface area contributed by atoms with E-state index >= 15 is 0 Å². The lowest BCUT2D eigenvalue weighted by Gasteiger charge is -2.25. The van der Waals surface area contributed by atoms with Crippen LogP contribution in [0.2, 0.25) is 0 Å². The predicted molar refractivity (Wildman–Crippen MR) is 67.5 cm³/mol. The molecule has 1 aliphatic rings. The first-order valence-electron chi connectivity index (χ1n) is 5.81. The van der Waals surface area contributed by atoms with Crippen LogP contribution >= 0.6 is 0 Å².